The van der Waals surface area contributed by atoms with Gasteiger partial charge in [-0.05, 0) is 32.7 Å². The maximum atomic E-state index is 13.3. The Morgan fingerprint density at radius 3 is 1.53 bits per heavy atom. The van der Waals surface area contributed by atoms with Crippen LogP contribution in [0.5, 0.6) is 0 Å². The highest BCUT2D eigenvalue weighted by Crippen LogP contribution is 2.51. The molecular weight excluding hydrogens is 617 g/mol. The largest absolute Gasteiger partial charge is 0.464 e. The second-order valence-electron chi connectivity index (χ2n) is 7.45. The second-order valence-corrected chi connectivity index (χ2v) is 9.72. The maximum Gasteiger partial charge on any atom is 0.329 e. The number of nitrogens with two attached hydrogens (primary N) is 1. The van der Waals surface area contributed by atoms with E-state index in [4.69, 9.17) is 80.1 Å². The third-order valence-corrected chi connectivity index (χ3v) is 7.76. The molecule has 0 saturated carbocycles. The van der Waals surface area contributed by atoms with Gasteiger partial charge in [-0.3, -0.25) is 0 Å². The van der Waals surface area contributed by atoms with Gasteiger partial charge < -0.3 is 15.4 Å². The number of nitrogens with zero attached hydrogens (tertiary/aromatic N) is 5. The Morgan fingerprint density at radius 2 is 1.18 bits per heavy atom. The Hall–Kier alpha value is -2.63. The van der Waals surface area contributed by atoms with Crippen LogP contribution in [0.3, 0.4) is 0 Å². The van der Waals surface area contributed by atoms with Crippen LogP contribution in [-0.2, 0) is 9.53 Å². The molecule has 2 aromatic carbocycles. The summed E-state index contributed by atoms with van der Waals surface area (Å²) in [6, 6.07) is 6.04. The molecule has 0 aromatic heterocycles. The first-order valence-electron chi connectivity index (χ1n) is 10.7. The van der Waals surface area contributed by atoms with Gasteiger partial charge in [0, 0.05) is 0 Å². The Labute approximate surface area is 249 Å². The summed E-state index contributed by atoms with van der Waals surface area (Å²) in [6.45, 7) is 1.89. The normalized spacial score (nSPS) is 11.1. The van der Waals surface area contributed by atoms with Crippen molar-refractivity contribution in [1.29, 1.82) is 21.0 Å². The van der Waals surface area contributed by atoms with Crippen LogP contribution in [0.4, 0.5) is 11.4 Å². The Kier molecular flexibility index (Phi) is 11.6. The number of nitriles is 4. The number of carbonyl (C=O) groups is 1. The molecule has 0 unspecified atom stereocenters. The lowest BCUT2D eigenvalue weighted by Gasteiger charge is -2.35. The SMILES string of the molecule is CCOC(=O)[C@@H](CCCCN)N(c1c(Cl)c(Cl)c(C#N)c(Cl)c1C#N)c1c(Cl)c(Cl)c(C#N)c(Cl)c1C#N. The van der Waals surface area contributed by atoms with Crippen molar-refractivity contribution in [2.75, 3.05) is 18.1 Å². The fourth-order valence-electron chi connectivity index (χ4n) is 3.65. The lowest BCUT2D eigenvalue weighted by atomic mass is 9.99. The predicted octanol–water partition coefficient (Wildman–Crippen LogP) is 7.29. The third-order valence-electron chi connectivity index (χ3n) is 5.32. The van der Waals surface area contributed by atoms with Gasteiger partial charge in [0.25, 0.3) is 0 Å². The number of esters is 1. The fourth-order valence-corrected chi connectivity index (χ4v) is 5.29. The molecule has 2 rings (SSSR count). The van der Waals surface area contributed by atoms with Crippen LogP contribution in [-0.4, -0.2) is 25.2 Å². The molecule has 2 aromatic rings. The Bertz CT molecular complexity index is 1360. The first kappa shape index (κ1) is 31.6. The minimum atomic E-state index is -1.28. The lowest BCUT2D eigenvalue weighted by molar-refractivity contribution is -0.144. The number of anilines is 2. The van der Waals surface area contributed by atoms with Gasteiger partial charge in [0.05, 0.1) is 70.4 Å². The van der Waals surface area contributed by atoms with Gasteiger partial charge in [0.1, 0.15) is 30.3 Å². The van der Waals surface area contributed by atoms with Crippen molar-refractivity contribution < 1.29 is 9.53 Å². The highest BCUT2D eigenvalue weighted by molar-refractivity contribution is 6.48. The number of benzene rings is 2. The van der Waals surface area contributed by atoms with Crippen LogP contribution in [0.1, 0.15) is 48.4 Å². The van der Waals surface area contributed by atoms with Gasteiger partial charge in [0.15, 0.2) is 0 Å². The number of carbonyl (C=O) groups excluding carboxylic acids is 1. The average Bonchev–Trinajstić information content (AvgIpc) is 2.89. The highest BCUT2D eigenvalue weighted by atomic mass is 35.5. The van der Waals surface area contributed by atoms with E-state index in [1.165, 1.54) is 0 Å². The molecule has 38 heavy (non-hydrogen) atoms. The summed E-state index contributed by atoms with van der Waals surface area (Å²) in [4.78, 5) is 14.5. The van der Waals surface area contributed by atoms with E-state index in [9.17, 15) is 25.8 Å². The van der Waals surface area contributed by atoms with E-state index in [2.05, 4.69) is 0 Å². The Balaban J connectivity index is 3.22. The van der Waals surface area contributed by atoms with Crippen molar-refractivity contribution in [2.24, 2.45) is 5.73 Å². The summed E-state index contributed by atoms with van der Waals surface area (Å²) in [5.41, 5.74) is 3.90. The van der Waals surface area contributed by atoms with Crippen molar-refractivity contribution in [3.05, 3.63) is 52.4 Å². The van der Waals surface area contributed by atoms with Gasteiger partial charge in [0.2, 0.25) is 0 Å². The van der Waals surface area contributed by atoms with Crippen LogP contribution in [0.2, 0.25) is 30.1 Å². The van der Waals surface area contributed by atoms with Crippen LogP contribution in [0, 0.1) is 45.3 Å². The van der Waals surface area contributed by atoms with Gasteiger partial charge in [-0.1, -0.05) is 69.6 Å². The fraction of sp³-hybridized carbons (Fsp3) is 0.292. The molecule has 0 spiro atoms. The molecule has 0 aliphatic rings. The molecule has 196 valence electrons. The van der Waals surface area contributed by atoms with E-state index in [0.29, 0.717) is 19.4 Å². The third kappa shape index (κ3) is 5.84. The van der Waals surface area contributed by atoms with Crippen molar-refractivity contribution in [3.63, 3.8) is 0 Å². The minimum Gasteiger partial charge on any atom is -0.464 e. The molecule has 0 amide bonds. The number of hydrogen-bond donors (Lipinski definition) is 1. The summed E-state index contributed by atoms with van der Waals surface area (Å²) in [6.07, 6.45) is 0.971. The van der Waals surface area contributed by atoms with Crippen molar-refractivity contribution in [2.45, 2.75) is 32.2 Å². The molecule has 0 radical (unpaired) electrons. The van der Waals surface area contributed by atoms with Gasteiger partial charge in [-0.25, -0.2) is 4.79 Å². The zero-order valence-corrected chi connectivity index (χ0v) is 24.0. The molecule has 0 aliphatic heterocycles. The Morgan fingerprint density at radius 1 is 0.763 bits per heavy atom. The smallest absolute Gasteiger partial charge is 0.329 e. The van der Waals surface area contributed by atoms with E-state index in [1.807, 2.05) is 12.1 Å². The van der Waals surface area contributed by atoms with Gasteiger partial charge in [-0.15, -0.1) is 0 Å². The number of ether oxygens (including phenoxy) is 1. The zero-order valence-electron chi connectivity index (χ0n) is 19.5. The van der Waals surface area contributed by atoms with E-state index in [1.54, 1.807) is 19.1 Å². The van der Waals surface area contributed by atoms with Crippen LogP contribution < -0.4 is 10.6 Å². The molecule has 2 N–H and O–H groups in total. The molecule has 0 heterocycles. The summed E-state index contributed by atoms with van der Waals surface area (Å²) < 4.78 is 5.30. The zero-order chi connectivity index (χ0) is 28.7. The standard InChI is InChI=1S/C24H16Cl6N6O2/c1-2-38-24(37)15(5-3-4-6-31)36(22-13(9-34)16(25)11(7-32)18(27)20(22)29)23-14(10-35)17(26)12(8-33)19(28)21(23)30/h15H,2-6,31H2,1H3/t15-/m1/s1. The number of hydrogen-bond acceptors (Lipinski definition) is 8. The second kappa shape index (κ2) is 14.0. The summed E-state index contributed by atoms with van der Waals surface area (Å²) in [7, 11) is 0. The lowest BCUT2D eigenvalue weighted by Crippen LogP contribution is -2.41. The van der Waals surface area contributed by atoms with Crippen molar-refractivity contribution in [3.8, 4) is 24.3 Å². The summed E-state index contributed by atoms with van der Waals surface area (Å²) in [5, 5.41) is 37.2. The van der Waals surface area contributed by atoms with Crippen molar-refractivity contribution >= 4 is 86.9 Å². The minimum absolute atomic E-state index is 0.0124. The maximum absolute atomic E-state index is 13.3. The van der Waals surface area contributed by atoms with Crippen LogP contribution in [0.25, 0.3) is 0 Å². The van der Waals surface area contributed by atoms with E-state index >= 15 is 0 Å². The van der Waals surface area contributed by atoms with E-state index < -0.39 is 12.0 Å². The van der Waals surface area contributed by atoms with Crippen LogP contribution >= 0.6 is 69.6 Å². The van der Waals surface area contributed by atoms with Crippen LogP contribution in [0.15, 0.2) is 0 Å². The van der Waals surface area contributed by atoms with Gasteiger partial charge >= 0.3 is 5.97 Å². The molecule has 0 bridgehead atoms. The van der Waals surface area contributed by atoms with Crippen molar-refractivity contribution in [1.82, 2.24) is 0 Å². The molecule has 0 fully saturated rings. The molecule has 1 atom stereocenters. The number of unbranched alkanes of at least 4 members (excludes halogenated alkanes) is 1. The highest BCUT2D eigenvalue weighted by Gasteiger charge is 2.38. The average molecular weight is 633 g/mol. The first-order valence-corrected chi connectivity index (χ1v) is 13.0. The number of rotatable bonds is 9. The molecule has 0 saturated heterocycles. The summed E-state index contributed by atoms with van der Waals surface area (Å²) in [5.74, 6) is -0.780. The molecule has 8 nitrogen and oxygen atoms in total. The summed E-state index contributed by atoms with van der Waals surface area (Å²) >= 11 is 38.7. The first-order chi connectivity index (χ1) is 18.1. The van der Waals surface area contributed by atoms with Gasteiger partial charge in [-0.2, -0.15) is 21.0 Å². The molecule has 0 aliphatic carbocycles. The molecule has 14 heteroatoms. The van der Waals surface area contributed by atoms with E-state index in [-0.39, 0.29) is 76.8 Å². The van der Waals surface area contributed by atoms with E-state index in [0.717, 1.165) is 4.90 Å². The monoisotopic (exact) mass is 630 g/mol. The quantitative estimate of drug-likeness (QED) is 0.172. The topological polar surface area (TPSA) is 151 Å². The predicted molar refractivity (Wildman–Crippen MR) is 147 cm³/mol. The number of halogens is 6. The molecular formula is C24H16Cl6N6O2.